The standard InChI is InChI=1S/C11H14Cl2N2O/c1-8-3-4-9(7-10(8)13)14-11(16)15(2)6-5-12/h3-4,7H,5-6H2,1-2H3,(H,14,16). The van der Waals surface area contributed by atoms with Crippen LogP contribution < -0.4 is 5.32 Å². The summed E-state index contributed by atoms with van der Waals surface area (Å²) in [6, 6.07) is 5.21. The average Bonchev–Trinajstić information content (AvgIpc) is 2.24. The molecule has 0 saturated heterocycles. The van der Waals surface area contributed by atoms with Gasteiger partial charge in [-0.05, 0) is 24.6 Å². The number of halogens is 2. The first-order valence-electron chi connectivity index (χ1n) is 4.89. The number of urea groups is 1. The Kier molecular flexibility index (Phi) is 4.90. The predicted molar refractivity (Wildman–Crippen MR) is 68.6 cm³/mol. The van der Waals surface area contributed by atoms with Crippen LogP contribution in [0.1, 0.15) is 5.56 Å². The van der Waals surface area contributed by atoms with Gasteiger partial charge in [0, 0.05) is 30.2 Å². The zero-order valence-corrected chi connectivity index (χ0v) is 10.8. The third kappa shape index (κ3) is 3.58. The molecule has 1 aromatic carbocycles. The molecule has 16 heavy (non-hydrogen) atoms. The minimum Gasteiger partial charge on any atom is -0.326 e. The van der Waals surface area contributed by atoms with Crippen molar-refractivity contribution in [3.05, 3.63) is 28.8 Å². The lowest BCUT2D eigenvalue weighted by Gasteiger charge is -2.16. The van der Waals surface area contributed by atoms with E-state index in [2.05, 4.69) is 5.32 Å². The third-order valence-electron chi connectivity index (χ3n) is 2.19. The van der Waals surface area contributed by atoms with Crippen LogP contribution in [0.2, 0.25) is 5.02 Å². The lowest BCUT2D eigenvalue weighted by atomic mass is 10.2. The Hall–Kier alpha value is -0.930. The van der Waals surface area contributed by atoms with E-state index in [1.54, 1.807) is 13.1 Å². The number of rotatable bonds is 3. The number of carbonyl (C=O) groups excluding carboxylic acids is 1. The first kappa shape index (κ1) is 13.1. The molecule has 0 bridgehead atoms. The van der Waals surface area contributed by atoms with Crippen molar-refractivity contribution < 1.29 is 4.79 Å². The predicted octanol–water partition coefficient (Wildman–Crippen LogP) is 3.35. The van der Waals surface area contributed by atoms with E-state index in [0.29, 0.717) is 23.1 Å². The summed E-state index contributed by atoms with van der Waals surface area (Å²) in [5, 5.41) is 3.38. The fourth-order valence-electron chi connectivity index (χ4n) is 1.12. The van der Waals surface area contributed by atoms with E-state index in [1.165, 1.54) is 4.90 Å². The summed E-state index contributed by atoms with van der Waals surface area (Å²) in [6.45, 7) is 2.42. The average molecular weight is 261 g/mol. The summed E-state index contributed by atoms with van der Waals surface area (Å²) in [6.07, 6.45) is 0. The van der Waals surface area contributed by atoms with Gasteiger partial charge in [-0.25, -0.2) is 4.79 Å². The summed E-state index contributed by atoms with van der Waals surface area (Å²) in [5.74, 6) is 0.415. The van der Waals surface area contributed by atoms with Gasteiger partial charge in [-0.3, -0.25) is 0 Å². The highest BCUT2D eigenvalue weighted by Gasteiger charge is 2.08. The monoisotopic (exact) mass is 260 g/mol. The Bertz CT molecular complexity index is 382. The van der Waals surface area contributed by atoms with Crippen molar-refractivity contribution in [2.24, 2.45) is 0 Å². The summed E-state index contributed by atoms with van der Waals surface area (Å²) in [4.78, 5) is 13.1. The molecule has 0 radical (unpaired) electrons. The zero-order chi connectivity index (χ0) is 12.1. The molecule has 3 nitrogen and oxygen atoms in total. The van der Waals surface area contributed by atoms with E-state index in [-0.39, 0.29) is 6.03 Å². The Morgan fingerprint density at radius 3 is 2.75 bits per heavy atom. The topological polar surface area (TPSA) is 32.3 Å². The van der Waals surface area contributed by atoms with Crippen molar-refractivity contribution in [1.29, 1.82) is 0 Å². The molecule has 0 aliphatic carbocycles. The van der Waals surface area contributed by atoms with E-state index < -0.39 is 0 Å². The Morgan fingerprint density at radius 1 is 1.50 bits per heavy atom. The van der Waals surface area contributed by atoms with E-state index in [4.69, 9.17) is 23.2 Å². The molecule has 0 atom stereocenters. The second kappa shape index (κ2) is 5.97. The number of carbonyl (C=O) groups is 1. The highest BCUT2D eigenvalue weighted by molar-refractivity contribution is 6.31. The molecule has 0 heterocycles. The van der Waals surface area contributed by atoms with Crippen LogP contribution in [0.25, 0.3) is 0 Å². The molecule has 0 spiro atoms. The minimum atomic E-state index is -0.194. The van der Waals surface area contributed by atoms with Crippen LogP contribution in [0.15, 0.2) is 18.2 Å². The van der Waals surface area contributed by atoms with Gasteiger partial charge in [-0.2, -0.15) is 0 Å². The lowest BCUT2D eigenvalue weighted by Crippen LogP contribution is -2.32. The van der Waals surface area contributed by atoms with Crippen molar-refractivity contribution >= 4 is 34.9 Å². The summed E-state index contributed by atoms with van der Waals surface area (Å²) < 4.78 is 0. The van der Waals surface area contributed by atoms with E-state index in [9.17, 15) is 4.79 Å². The first-order chi connectivity index (χ1) is 7.54. The molecule has 0 saturated carbocycles. The van der Waals surface area contributed by atoms with Gasteiger partial charge in [0.15, 0.2) is 0 Å². The second-order valence-electron chi connectivity index (χ2n) is 3.50. The highest BCUT2D eigenvalue weighted by Crippen LogP contribution is 2.20. The molecule has 0 unspecified atom stereocenters. The van der Waals surface area contributed by atoms with Gasteiger partial charge in [0.1, 0.15) is 0 Å². The number of benzene rings is 1. The quantitative estimate of drug-likeness (QED) is 0.831. The molecule has 0 aromatic heterocycles. The molecular weight excluding hydrogens is 247 g/mol. The minimum absolute atomic E-state index is 0.194. The summed E-state index contributed by atoms with van der Waals surface area (Å²) in [7, 11) is 1.69. The SMILES string of the molecule is Cc1ccc(NC(=O)N(C)CCCl)cc1Cl. The number of nitrogens with zero attached hydrogens (tertiary/aromatic N) is 1. The van der Waals surface area contributed by atoms with Crippen molar-refractivity contribution in [3.8, 4) is 0 Å². The fourth-order valence-corrected chi connectivity index (χ4v) is 1.55. The summed E-state index contributed by atoms with van der Waals surface area (Å²) in [5.41, 5.74) is 1.66. The highest BCUT2D eigenvalue weighted by atomic mass is 35.5. The molecular formula is C11H14Cl2N2O. The van der Waals surface area contributed by atoms with Crippen molar-refractivity contribution in [2.75, 3.05) is 24.8 Å². The van der Waals surface area contributed by atoms with E-state index in [1.807, 2.05) is 19.1 Å². The Morgan fingerprint density at radius 2 is 2.19 bits per heavy atom. The maximum Gasteiger partial charge on any atom is 0.321 e. The van der Waals surface area contributed by atoms with E-state index >= 15 is 0 Å². The van der Waals surface area contributed by atoms with Gasteiger partial charge in [-0.1, -0.05) is 17.7 Å². The smallest absolute Gasteiger partial charge is 0.321 e. The zero-order valence-electron chi connectivity index (χ0n) is 9.26. The molecule has 0 fully saturated rings. The largest absolute Gasteiger partial charge is 0.326 e. The van der Waals surface area contributed by atoms with Crippen LogP contribution in [-0.2, 0) is 0 Å². The van der Waals surface area contributed by atoms with Crippen LogP contribution in [0.3, 0.4) is 0 Å². The number of hydrogen-bond acceptors (Lipinski definition) is 1. The number of alkyl halides is 1. The van der Waals surface area contributed by atoms with Gasteiger partial charge in [0.25, 0.3) is 0 Å². The van der Waals surface area contributed by atoms with Gasteiger partial charge in [0.2, 0.25) is 0 Å². The lowest BCUT2D eigenvalue weighted by molar-refractivity contribution is 0.225. The number of hydrogen-bond donors (Lipinski definition) is 1. The fraction of sp³-hybridized carbons (Fsp3) is 0.364. The molecule has 2 amide bonds. The Balaban J connectivity index is 2.66. The molecule has 1 aromatic rings. The number of aryl methyl sites for hydroxylation is 1. The van der Waals surface area contributed by atoms with Crippen molar-refractivity contribution in [2.45, 2.75) is 6.92 Å². The van der Waals surface area contributed by atoms with Gasteiger partial charge in [-0.15, -0.1) is 11.6 Å². The van der Waals surface area contributed by atoms with Crippen LogP contribution in [0, 0.1) is 6.92 Å². The molecule has 5 heteroatoms. The number of nitrogens with one attached hydrogen (secondary N) is 1. The number of anilines is 1. The second-order valence-corrected chi connectivity index (χ2v) is 4.29. The summed E-state index contributed by atoms with van der Waals surface area (Å²) >= 11 is 11.5. The van der Waals surface area contributed by atoms with Gasteiger partial charge >= 0.3 is 6.03 Å². The Labute approximate surface area is 105 Å². The molecule has 1 rings (SSSR count). The maximum atomic E-state index is 11.6. The number of amides is 2. The van der Waals surface area contributed by atoms with Gasteiger partial charge in [0.05, 0.1) is 0 Å². The van der Waals surface area contributed by atoms with Crippen LogP contribution >= 0.6 is 23.2 Å². The molecule has 0 aliphatic heterocycles. The molecule has 0 aliphatic rings. The third-order valence-corrected chi connectivity index (χ3v) is 2.77. The van der Waals surface area contributed by atoms with Crippen LogP contribution in [0.4, 0.5) is 10.5 Å². The van der Waals surface area contributed by atoms with Crippen LogP contribution in [-0.4, -0.2) is 30.4 Å². The van der Waals surface area contributed by atoms with Crippen LogP contribution in [0.5, 0.6) is 0 Å². The maximum absolute atomic E-state index is 11.6. The van der Waals surface area contributed by atoms with Gasteiger partial charge < -0.3 is 10.2 Å². The molecule has 88 valence electrons. The van der Waals surface area contributed by atoms with E-state index in [0.717, 1.165) is 5.56 Å². The normalized spacial score (nSPS) is 10.0. The first-order valence-corrected chi connectivity index (χ1v) is 5.80. The van der Waals surface area contributed by atoms with Crippen molar-refractivity contribution in [1.82, 2.24) is 4.90 Å². The molecule has 1 N–H and O–H groups in total. The van der Waals surface area contributed by atoms with Crippen molar-refractivity contribution in [3.63, 3.8) is 0 Å².